The van der Waals surface area contributed by atoms with Gasteiger partial charge in [0.2, 0.25) is 10.0 Å². The third-order valence-electron chi connectivity index (χ3n) is 2.71. The van der Waals surface area contributed by atoms with E-state index in [1.54, 1.807) is 26.2 Å². The van der Waals surface area contributed by atoms with Crippen molar-refractivity contribution in [3.63, 3.8) is 0 Å². The van der Waals surface area contributed by atoms with Gasteiger partial charge in [0.1, 0.15) is 6.07 Å². The van der Waals surface area contributed by atoms with Crippen molar-refractivity contribution in [2.24, 2.45) is 0 Å². The van der Waals surface area contributed by atoms with Gasteiger partial charge in [0, 0.05) is 26.7 Å². The van der Waals surface area contributed by atoms with Crippen LogP contribution < -0.4 is 10.0 Å². The summed E-state index contributed by atoms with van der Waals surface area (Å²) >= 11 is 0. The predicted octanol–water partition coefficient (Wildman–Crippen LogP) is 0.803. The Hall–Kier alpha value is -1.17. The minimum atomic E-state index is -3.66. The highest BCUT2D eigenvalue weighted by molar-refractivity contribution is 7.89. The Bertz CT molecular complexity index is 585. The van der Waals surface area contributed by atoms with Gasteiger partial charge < -0.3 is 10.1 Å². The van der Waals surface area contributed by atoms with Gasteiger partial charge in [0.15, 0.2) is 0 Å². The second-order valence-corrected chi connectivity index (χ2v) is 5.94. The Morgan fingerprint density at radius 1 is 1.29 bits per heavy atom. The summed E-state index contributed by atoms with van der Waals surface area (Å²) in [7, 11) is -2.06. The first-order chi connectivity index (χ1) is 9.53. The molecule has 0 fully saturated rings. The van der Waals surface area contributed by atoms with Crippen LogP contribution in [0.15, 0.2) is 23.1 Å². The lowest BCUT2D eigenvalue weighted by molar-refractivity contribution is 0.199. The molecule has 118 valence electrons. The number of sulfonamides is 1. The van der Waals surface area contributed by atoms with E-state index >= 15 is 0 Å². The Balaban J connectivity index is 0.00000400. The smallest absolute Gasteiger partial charge is 0.241 e. The fourth-order valence-corrected chi connectivity index (χ4v) is 2.92. The lowest BCUT2D eigenvalue weighted by Gasteiger charge is -2.10. The first-order valence-corrected chi connectivity index (χ1v) is 7.70. The zero-order valence-electron chi connectivity index (χ0n) is 12.0. The van der Waals surface area contributed by atoms with Crippen LogP contribution in [-0.4, -0.2) is 41.8 Å². The van der Waals surface area contributed by atoms with Crippen molar-refractivity contribution in [3.8, 4) is 6.07 Å². The van der Waals surface area contributed by atoms with Crippen molar-refractivity contribution in [1.82, 2.24) is 10.0 Å². The Morgan fingerprint density at radius 2 is 2.00 bits per heavy atom. The number of nitrogens with one attached hydrogen (secondary N) is 2. The number of nitriles is 1. The van der Waals surface area contributed by atoms with E-state index < -0.39 is 10.0 Å². The molecule has 0 aliphatic heterocycles. The molecule has 0 unspecified atom stereocenters. The molecule has 0 heterocycles. The van der Waals surface area contributed by atoms with Crippen LogP contribution in [0, 0.1) is 18.3 Å². The summed E-state index contributed by atoms with van der Waals surface area (Å²) in [6.45, 7) is 3.69. The van der Waals surface area contributed by atoms with E-state index in [-0.39, 0.29) is 29.4 Å². The number of aryl methyl sites for hydroxylation is 1. The van der Waals surface area contributed by atoms with E-state index in [1.807, 2.05) is 6.07 Å². The van der Waals surface area contributed by atoms with Crippen molar-refractivity contribution >= 4 is 22.4 Å². The van der Waals surface area contributed by atoms with E-state index in [0.29, 0.717) is 25.3 Å². The summed E-state index contributed by atoms with van der Waals surface area (Å²) in [6.07, 6.45) is 0. The van der Waals surface area contributed by atoms with Crippen LogP contribution in [-0.2, 0) is 14.8 Å². The standard InChI is InChI=1S/C13H19N3O3S.ClH/c1-11-4-3-5-13(12(11)10-14)20(17,18)16-7-6-15-8-9-19-2;/h3-5,15-16H,6-9H2,1-2H3;1H. The molecule has 8 heteroatoms. The SMILES string of the molecule is COCCNCCNS(=O)(=O)c1cccc(C)c1C#N.Cl. The van der Waals surface area contributed by atoms with Gasteiger partial charge in [-0.2, -0.15) is 5.26 Å². The predicted molar refractivity (Wildman–Crippen MR) is 83.1 cm³/mol. The molecule has 0 aliphatic rings. The number of nitrogens with zero attached hydrogens (tertiary/aromatic N) is 1. The van der Waals surface area contributed by atoms with E-state index in [0.717, 1.165) is 0 Å². The van der Waals surface area contributed by atoms with Crippen molar-refractivity contribution in [2.45, 2.75) is 11.8 Å². The molecule has 0 atom stereocenters. The molecule has 0 saturated heterocycles. The van der Waals surface area contributed by atoms with Gasteiger partial charge in [-0.15, -0.1) is 12.4 Å². The lowest BCUT2D eigenvalue weighted by Crippen LogP contribution is -2.33. The molecule has 0 radical (unpaired) electrons. The fourth-order valence-electron chi connectivity index (χ4n) is 1.66. The van der Waals surface area contributed by atoms with Gasteiger partial charge in [0.05, 0.1) is 17.1 Å². The summed E-state index contributed by atoms with van der Waals surface area (Å²) in [6, 6.07) is 6.71. The summed E-state index contributed by atoms with van der Waals surface area (Å²) < 4.78 is 31.6. The molecule has 21 heavy (non-hydrogen) atoms. The summed E-state index contributed by atoms with van der Waals surface area (Å²) in [5.41, 5.74) is 0.834. The van der Waals surface area contributed by atoms with E-state index in [1.165, 1.54) is 6.07 Å². The third-order valence-corrected chi connectivity index (χ3v) is 4.22. The number of halogens is 1. The topological polar surface area (TPSA) is 91.2 Å². The van der Waals surface area contributed by atoms with Gasteiger partial charge >= 0.3 is 0 Å². The molecule has 1 aromatic rings. The zero-order chi connectivity index (χ0) is 15.0. The molecule has 1 rings (SSSR count). The number of hydrogen-bond donors (Lipinski definition) is 2. The second-order valence-electron chi connectivity index (χ2n) is 4.20. The Kier molecular flexibility index (Phi) is 9.17. The molecular formula is C13H20ClN3O3S. The number of ether oxygens (including phenoxy) is 1. The van der Waals surface area contributed by atoms with Crippen LogP contribution in [0.25, 0.3) is 0 Å². The normalized spacial score (nSPS) is 10.7. The van der Waals surface area contributed by atoms with Crippen molar-refractivity contribution in [1.29, 1.82) is 5.26 Å². The zero-order valence-corrected chi connectivity index (χ0v) is 13.7. The van der Waals surface area contributed by atoms with Gasteiger partial charge in [0.25, 0.3) is 0 Å². The van der Waals surface area contributed by atoms with E-state index in [4.69, 9.17) is 10.00 Å². The minimum absolute atomic E-state index is 0. The number of benzene rings is 1. The molecule has 0 spiro atoms. The maximum atomic E-state index is 12.1. The van der Waals surface area contributed by atoms with Crippen LogP contribution in [0.4, 0.5) is 0 Å². The van der Waals surface area contributed by atoms with Crippen LogP contribution in [0.1, 0.15) is 11.1 Å². The molecule has 6 nitrogen and oxygen atoms in total. The van der Waals surface area contributed by atoms with Crippen LogP contribution in [0.2, 0.25) is 0 Å². The largest absolute Gasteiger partial charge is 0.383 e. The van der Waals surface area contributed by atoms with Crippen molar-refractivity contribution in [2.75, 3.05) is 33.4 Å². The number of rotatable bonds is 8. The van der Waals surface area contributed by atoms with Crippen LogP contribution in [0.5, 0.6) is 0 Å². The highest BCUT2D eigenvalue weighted by Gasteiger charge is 2.18. The van der Waals surface area contributed by atoms with Gasteiger partial charge in [-0.3, -0.25) is 0 Å². The van der Waals surface area contributed by atoms with Crippen LogP contribution in [0.3, 0.4) is 0 Å². The Morgan fingerprint density at radius 3 is 2.62 bits per heavy atom. The minimum Gasteiger partial charge on any atom is -0.383 e. The summed E-state index contributed by atoms with van der Waals surface area (Å²) in [5, 5.41) is 12.1. The Labute approximate surface area is 132 Å². The molecule has 0 bridgehead atoms. The molecule has 2 N–H and O–H groups in total. The first kappa shape index (κ1) is 19.8. The highest BCUT2D eigenvalue weighted by atomic mass is 35.5. The first-order valence-electron chi connectivity index (χ1n) is 6.22. The summed E-state index contributed by atoms with van der Waals surface area (Å²) in [5.74, 6) is 0. The molecule has 0 saturated carbocycles. The maximum absolute atomic E-state index is 12.1. The number of hydrogen-bond acceptors (Lipinski definition) is 5. The lowest BCUT2D eigenvalue weighted by atomic mass is 10.1. The molecule has 0 aromatic heterocycles. The quantitative estimate of drug-likeness (QED) is 0.687. The molecule has 1 aromatic carbocycles. The van der Waals surface area contributed by atoms with E-state index in [9.17, 15) is 8.42 Å². The van der Waals surface area contributed by atoms with Crippen molar-refractivity contribution < 1.29 is 13.2 Å². The molecule has 0 aliphatic carbocycles. The monoisotopic (exact) mass is 333 g/mol. The number of methoxy groups -OCH3 is 1. The third kappa shape index (κ3) is 5.99. The van der Waals surface area contributed by atoms with Gasteiger partial charge in [-0.25, -0.2) is 13.1 Å². The average Bonchev–Trinajstić information content (AvgIpc) is 2.42. The van der Waals surface area contributed by atoms with Crippen molar-refractivity contribution in [3.05, 3.63) is 29.3 Å². The van der Waals surface area contributed by atoms with Crippen LogP contribution >= 0.6 is 12.4 Å². The van der Waals surface area contributed by atoms with Gasteiger partial charge in [-0.1, -0.05) is 12.1 Å². The highest BCUT2D eigenvalue weighted by Crippen LogP contribution is 2.17. The second kappa shape index (κ2) is 9.71. The summed E-state index contributed by atoms with van der Waals surface area (Å²) in [4.78, 5) is 0.0249. The van der Waals surface area contributed by atoms with Gasteiger partial charge in [-0.05, 0) is 18.6 Å². The maximum Gasteiger partial charge on any atom is 0.241 e. The molecule has 0 amide bonds. The molecular weight excluding hydrogens is 314 g/mol. The fraction of sp³-hybridized carbons (Fsp3) is 0.462. The average molecular weight is 334 g/mol. The van der Waals surface area contributed by atoms with E-state index in [2.05, 4.69) is 10.0 Å².